The van der Waals surface area contributed by atoms with Crippen LogP contribution in [-0.4, -0.2) is 27.6 Å². The van der Waals surface area contributed by atoms with Gasteiger partial charge >= 0.3 is 0 Å². The lowest BCUT2D eigenvalue weighted by molar-refractivity contribution is 0.611. The van der Waals surface area contributed by atoms with Gasteiger partial charge in [-0.2, -0.15) is 4.39 Å². The first kappa shape index (κ1) is 15.1. The van der Waals surface area contributed by atoms with Gasteiger partial charge in [0.15, 0.2) is 11.6 Å². The molecule has 1 saturated heterocycles. The average molecular weight is 320 g/mol. The van der Waals surface area contributed by atoms with Gasteiger partial charge in [0, 0.05) is 36.6 Å². The molecule has 0 aliphatic carbocycles. The number of nitrogens with zero attached hydrogens (tertiary/aromatic N) is 3. The van der Waals surface area contributed by atoms with Gasteiger partial charge in [-0.15, -0.1) is 0 Å². The number of nitrogens with one attached hydrogen (secondary N) is 1. The zero-order valence-corrected chi connectivity index (χ0v) is 12.8. The smallest absolute Gasteiger partial charge is 0.207 e. The highest BCUT2D eigenvalue weighted by atomic mass is 32.2. The Morgan fingerprint density at radius 2 is 1.91 bits per heavy atom. The lowest BCUT2D eigenvalue weighted by Crippen LogP contribution is -2.21. The molecule has 0 saturated carbocycles. The van der Waals surface area contributed by atoms with Gasteiger partial charge in [-0.1, -0.05) is 12.1 Å². The summed E-state index contributed by atoms with van der Waals surface area (Å²) in [6, 6.07) is 7.39. The number of hydrogen-bond donors (Lipinski definition) is 2. The van der Waals surface area contributed by atoms with Gasteiger partial charge in [0.1, 0.15) is 6.33 Å². The molecule has 3 rings (SSSR count). The summed E-state index contributed by atoms with van der Waals surface area (Å²) in [4.78, 5) is 10.8. The quantitative estimate of drug-likeness (QED) is 0.824. The van der Waals surface area contributed by atoms with Crippen molar-refractivity contribution in [1.82, 2.24) is 9.97 Å². The number of hydrogen-bond acceptors (Lipinski definition) is 6. The van der Waals surface area contributed by atoms with Crippen LogP contribution in [0.5, 0.6) is 0 Å². The van der Waals surface area contributed by atoms with Crippen LogP contribution in [0.25, 0.3) is 0 Å². The number of aromatic nitrogens is 2. The molecule has 7 heteroatoms. The Morgan fingerprint density at radius 1 is 1.18 bits per heavy atom. The predicted molar refractivity (Wildman–Crippen MR) is 85.7 cm³/mol. The summed E-state index contributed by atoms with van der Waals surface area (Å²) in [6.07, 6.45) is 3.54. The van der Waals surface area contributed by atoms with E-state index >= 15 is 0 Å². The number of benzene rings is 1. The summed E-state index contributed by atoms with van der Waals surface area (Å²) in [6.45, 7) is 2.14. The Morgan fingerprint density at radius 3 is 2.59 bits per heavy atom. The van der Waals surface area contributed by atoms with Gasteiger partial charge < -0.3 is 14.8 Å². The van der Waals surface area contributed by atoms with E-state index in [0.717, 1.165) is 36.4 Å². The Balaban J connectivity index is 1.70. The molecular weight excluding hydrogens is 303 g/mol. The minimum absolute atomic E-state index is 0.220. The first-order valence-electron chi connectivity index (χ1n) is 7.17. The van der Waals surface area contributed by atoms with E-state index in [-0.39, 0.29) is 5.82 Å². The number of rotatable bonds is 5. The molecule has 0 spiro atoms. The zero-order chi connectivity index (χ0) is 15.4. The number of anilines is 2. The van der Waals surface area contributed by atoms with Crippen molar-refractivity contribution in [3.63, 3.8) is 0 Å². The fourth-order valence-corrected chi connectivity index (χ4v) is 2.74. The molecular formula is C15H17FN4OS. The highest BCUT2D eigenvalue weighted by molar-refractivity contribution is 7.93. The third-order valence-electron chi connectivity index (χ3n) is 3.67. The fourth-order valence-electron chi connectivity index (χ4n) is 2.49. The van der Waals surface area contributed by atoms with Crippen molar-refractivity contribution in [1.29, 1.82) is 0 Å². The van der Waals surface area contributed by atoms with E-state index in [2.05, 4.69) is 15.3 Å². The molecule has 5 nitrogen and oxygen atoms in total. The lowest BCUT2D eigenvalue weighted by Gasteiger charge is -2.18. The first-order valence-corrected chi connectivity index (χ1v) is 7.95. The van der Waals surface area contributed by atoms with E-state index in [1.54, 1.807) is 0 Å². The summed E-state index contributed by atoms with van der Waals surface area (Å²) in [7, 11) is 0. The van der Waals surface area contributed by atoms with Crippen LogP contribution in [0.2, 0.25) is 0 Å². The SMILES string of the molecule is OSc1ccc(CNc2ncnc(N3CCCC3)c2F)cc1. The molecule has 1 aliphatic rings. The fraction of sp³-hybridized carbons (Fsp3) is 0.333. The standard InChI is InChI=1S/C15H17FN4OS/c16-13-14(17-9-11-3-5-12(22-21)6-4-11)18-10-19-15(13)20-7-1-2-8-20/h3-6,10,21H,1-2,7-9H2,(H,17,18,19). The Kier molecular flexibility index (Phi) is 4.74. The van der Waals surface area contributed by atoms with Crippen LogP contribution in [0.1, 0.15) is 18.4 Å². The van der Waals surface area contributed by atoms with E-state index < -0.39 is 5.82 Å². The Bertz CT molecular complexity index is 632. The summed E-state index contributed by atoms with van der Waals surface area (Å²) in [5.74, 6) is 0.200. The minimum Gasteiger partial charge on any atom is -0.363 e. The highest BCUT2D eigenvalue weighted by Gasteiger charge is 2.20. The van der Waals surface area contributed by atoms with E-state index in [1.807, 2.05) is 29.2 Å². The average Bonchev–Trinajstić information content (AvgIpc) is 3.08. The van der Waals surface area contributed by atoms with Crippen LogP contribution >= 0.6 is 12.0 Å². The molecule has 0 radical (unpaired) electrons. The summed E-state index contributed by atoms with van der Waals surface area (Å²) in [5, 5.41) is 3.01. The lowest BCUT2D eigenvalue weighted by atomic mass is 10.2. The summed E-state index contributed by atoms with van der Waals surface area (Å²) >= 11 is 0.704. The molecule has 0 atom stereocenters. The van der Waals surface area contributed by atoms with Gasteiger partial charge in [-0.3, -0.25) is 0 Å². The topological polar surface area (TPSA) is 61.3 Å². The van der Waals surface area contributed by atoms with Crippen LogP contribution in [0.3, 0.4) is 0 Å². The van der Waals surface area contributed by atoms with Crippen molar-refractivity contribution in [3.05, 3.63) is 42.0 Å². The van der Waals surface area contributed by atoms with Crippen molar-refractivity contribution in [3.8, 4) is 0 Å². The third-order valence-corrected chi connectivity index (χ3v) is 4.15. The van der Waals surface area contributed by atoms with Crippen molar-refractivity contribution < 1.29 is 8.94 Å². The second-order valence-corrected chi connectivity index (χ2v) is 5.80. The second-order valence-electron chi connectivity index (χ2n) is 5.14. The molecule has 0 unspecified atom stereocenters. The molecule has 1 aromatic carbocycles. The van der Waals surface area contributed by atoms with Gasteiger partial charge in [0.05, 0.1) is 0 Å². The molecule has 0 bridgehead atoms. The van der Waals surface area contributed by atoms with Crippen molar-refractivity contribution in [2.24, 2.45) is 0 Å². The maximum Gasteiger partial charge on any atom is 0.207 e. The van der Waals surface area contributed by atoms with Crippen molar-refractivity contribution in [2.75, 3.05) is 23.3 Å². The van der Waals surface area contributed by atoms with Gasteiger partial charge in [-0.25, -0.2) is 9.97 Å². The zero-order valence-electron chi connectivity index (χ0n) is 12.0. The molecule has 2 aromatic rings. The van der Waals surface area contributed by atoms with Crippen LogP contribution < -0.4 is 10.2 Å². The van der Waals surface area contributed by atoms with Crippen molar-refractivity contribution >= 4 is 23.7 Å². The van der Waals surface area contributed by atoms with Gasteiger partial charge in [0.2, 0.25) is 5.82 Å². The maximum absolute atomic E-state index is 14.5. The first-order chi connectivity index (χ1) is 10.8. The van der Waals surface area contributed by atoms with Gasteiger partial charge in [-0.05, 0) is 30.5 Å². The summed E-state index contributed by atoms with van der Waals surface area (Å²) in [5.41, 5.74) is 0.985. The van der Waals surface area contributed by atoms with E-state index in [0.29, 0.717) is 24.4 Å². The molecule has 1 fully saturated rings. The molecule has 1 aliphatic heterocycles. The Hall–Kier alpha value is -1.86. The predicted octanol–water partition coefficient (Wildman–Crippen LogP) is 3.39. The molecule has 2 N–H and O–H groups in total. The number of halogens is 1. The van der Waals surface area contributed by atoms with Crippen LogP contribution in [0.15, 0.2) is 35.5 Å². The van der Waals surface area contributed by atoms with Crippen LogP contribution in [0.4, 0.5) is 16.0 Å². The monoisotopic (exact) mass is 320 g/mol. The van der Waals surface area contributed by atoms with Crippen molar-refractivity contribution in [2.45, 2.75) is 24.3 Å². The molecule has 22 heavy (non-hydrogen) atoms. The Labute approximate surface area is 132 Å². The third kappa shape index (κ3) is 3.31. The highest BCUT2D eigenvalue weighted by Crippen LogP contribution is 2.25. The molecule has 2 heterocycles. The van der Waals surface area contributed by atoms with Crippen LogP contribution in [0, 0.1) is 5.82 Å². The second kappa shape index (κ2) is 6.93. The molecule has 0 amide bonds. The largest absolute Gasteiger partial charge is 0.363 e. The van der Waals surface area contributed by atoms with Crippen LogP contribution in [-0.2, 0) is 6.54 Å². The normalized spacial score (nSPS) is 14.4. The van der Waals surface area contributed by atoms with E-state index in [4.69, 9.17) is 4.55 Å². The minimum atomic E-state index is -0.396. The van der Waals surface area contributed by atoms with E-state index in [1.165, 1.54) is 6.33 Å². The maximum atomic E-state index is 14.5. The molecule has 116 valence electrons. The van der Waals surface area contributed by atoms with Gasteiger partial charge in [0.25, 0.3) is 0 Å². The summed E-state index contributed by atoms with van der Waals surface area (Å²) < 4.78 is 23.4. The van der Waals surface area contributed by atoms with E-state index in [9.17, 15) is 4.39 Å². The molecule has 1 aromatic heterocycles.